The maximum atomic E-state index is 15.3. The van der Waals surface area contributed by atoms with Crippen LogP contribution in [0.4, 0.5) is 17.6 Å². The summed E-state index contributed by atoms with van der Waals surface area (Å²) in [7, 11) is 0. The van der Waals surface area contributed by atoms with Gasteiger partial charge in [0.2, 0.25) is 0 Å². The van der Waals surface area contributed by atoms with Crippen molar-refractivity contribution >= 4 is 0 Å². The Hall–Kier alpha value is -2.88. The van der Waals surface area contributed by atoms with Crippen LogP contribution in [0.25, 0.3) is 22.3 Å². The summed E-state index contributed by atoms with van der Waals surface area (Å²) in [6.45, 7) is 4.27. The number of hydrogen-bond acceptors (Lipinski definition) is 0. The first-order valence-electron chi connectivity index (χ1n) is 16.6. The molecule has 3 aromatic rings. The van der Waals surface area contributed by atoms with Crippen LogP contribution in [-0.4, -0.2) is 0 Å². The summed E-state index contributed by atoms with van der Waals surface area (Å²) in [6.07, 6.45) is 20.4. The molecule has 0 nitrogen and oxygen atoms in total. The number of rotatable bonds is 15. The molecule has 1 saturated carbocycles. The van der Waals surface area contributed by atoms with Crippen molar-refractivity contribution in [2.75, 3.05) is 0 Å². The zero-order valence-corrected chi connectivity index (χ0v) is 26.0. The van der Waals surface area contributed by atoms with Gasteiger partial charge in [0.05, 0.1) is 0 Å². The van der Waals surface area contributed by atoms with E-state index in [1.165, 1.54) is 51.4 Å². The topological polar surface area (TPSA) is 0 Å². The molecule has 0 aliphatic heterocycles. The van der Waals surface area contributed by atoms with Gasteiger partial charge in [-0.05, 0) is 79.0 Å². The second kappa shape index (κ2) is 16.8. The standard InChI is InChI=1S/C39H48F4/c1-3-5-7-9-10-11-12-14-28-16-18-29(19-17-28)34-26-27-35(39(43)38(34)42)31-22-20-30(21-23-31)33-25-24-32(36(40)37(33)41)15-13-8-6-4-2/h6,8,20-29H,3-5,7,9-19H2,1-2H3. The summed E-state index contributed by atoms with van der Waals surface area (Å²) in [5.41, 5.74) is 2.16. The lowest BCUT2D eigenvalue weighted by atomic mass is 9.76. The predicted octanol–water partition coefficient (Wildman–Crippen LogP) is 12.9. The van der Waals surface area contributed by atoms with Crippen LogP contribution < -0.4 is 0 Å². The molecule has 0 bridgehead atoms. The Labute approximate surface area is 256 Å². The molecule has 1 aliphatic rings. The number of halogens is 4. The van der Waals surface area contributed by atoms with Crippen LogP contribution >= 0.6 is 0 Å². The van der Waals surface area contributed by atoms with Crippen LogP contribution in [0.1, 0.15) is 121 Å². The quantitative estimate of drug-likeness (QED) is 0.0935. The molecule has 1 fully saturated rings. The maximum Gasteiger partial charge on any atom is 0.166 e. The first-order chi connectivity index (χ1) is 20.9. The molecular weight excluding hydrogens is 544 g/mol. The Balaban J connectivity index is 1.35. The van der Waals surface area contributed by atoms with Crippen molar-refractivity contribution in [3.8, 4) is 22.3 Å². The Bertz CT molecular complexity index is 1320. The molecule has 0 spiro atoms. The van der Waals surface area contributed by atoms with Gasteiger partial charge >= 0.3 is 0 Å². The largest absolute Gasteiger partial charge is 0.203 e. The van der Waals surface area contributed by atoms with E-state index < -0.39 is 23.3 Å². The van der Waals surface area contributed by atoms with Crippen molar-refractivity contribution in [1.29, 1.82) is 0 Å². The van der Waals surface area contributed by atoms with Gasteiger partial charge in [-0.15, -0.1) is 0 Å². The van der Waals surface area contributed by atoms with Crippen LogP contribution in [0.5, 0.6) is 0 Å². The van der Waals surface area contributed by atoms with E-state index in [0.717, 1.165) is 32.1 Å². The smallest absolute Gasteiger partial charge is 0.166 e. The van der Waals surface area contributed by atoms with E-state index in [-0.39, 0.29) is 17.0 Å². The van der Waals surface area contributed by atoms with E-state index >= 15 is 8.78 Å². The minimum absolute atomic E-state index is 0.0553. The van der Waals surface area contributed by atoms with E-state index in [4.69, 9.17) is 0 Å². The van der Waals surface area contributed by atoms with Gasteiger partial charge < -0.3 is 0 Å². The fourth-order valence-electron chi connectivity index (χ4n) is 6.61. The van der Waals surface area contributed by atoms with Crippen LogP contribution in [0.2, 0.25) is 0 Å². The summed E-state index contributed by atoms with van der Waals surface area (Å²) >= 11 is 0. The SMILES string of the molecule is CCC=CCCc1ccc(-c2ccc(-c3ccc(C4CCC(CCCCCCCCC)CC4)c(F)c3F)cc2)c(F)c1F. The summed E-state index contributed by atoms with van der Waals surface area (Å²) in [4.78, 5) is 0. The summed E-state index contributed by atoms with van der Waals surface area (Å²) in [5.74, 6) is -2.55. The second-order valence-electron chi connectivity index (χ2n) is 12.4. The number of hydrogen-bond donors (Lipinski definition) is 0. The molecule has 0 aromatic heterocycles. The Morgan fingerprint density at radius 3 is 1.81 bits per heavy atom. The highest BCUT2D eigenvalue weighted by atomic mass is 19.2. The minimum atomic E-state index is -0.886. The highest BCUT2D eigenvalue weighted by molar-refractivity contribution is 5.71. The Morgan fingerprint density at radius 2 is 1.19 bits per heavy atom. The molecule has 0 radical (unpaired) electrons. The first-order valence-corrected chi connectivity index (χ1v) is 16.6. The number of aryl methyl sites for hydroxylation is 1. The van der Waals surface area contributed by atoms with Gasteiger partial charge in [-0.25, -0.2) is 17.6 Å². The Morgan fingerprint density at radius 1 is 0.605 bits per heavy atom. The van der Waals surface area contributed by atoms with Gasteiger partial charge in [0.15, 0.2) is 23.3 Å². The monoisotopic (exact) mass is 592 g/mol. The molecule has 1 aliphatic carbocycles. The molecule has 4 heteroatoms. The number of benzene rings is 3. The third kappa shape index (κ3) is 8.83. The molecule has 0 N–H and O–H groups in total. The average molecular weight is 593 g/mol. The van der Waals surface area contributed by atoms with Gasteiger partial charge in [-0.3, -0.25) is 0 Å². The molecule has 3 aromatic carbocycles. The summed E-state index contributed by atoms with van der Waals surface area (Å²) < 4.78 is 60.4. The lowest BCUT2D eigenvalue weighted by Gasteiger charge is -2.29. The lowest BCUT2D eigenvalue weighted by Crippen LogP contribution is -2.15. The van der Waals surface area contributed by atoms with Crippen LogP contribution in [0.3, 0.4) is 0 Å². The predicted molar refractivity (Wildman–Crippen MR) is 172 cm³/mol. The van der Waals surface area contributed by atoms with Crippen molar-refractivity contribution in [3.63, 3.8) is 0 Å². The zero-order chi connectivity index (χ0) is 30.6. The molecule has 0 atom stereocenters. The number of unbranched alkanes of at least 4 members (excludes halogenated alkanes) is 6. The van der Waals surface area contributed by atoms with E-state index in [1.54, 1.807) is 48.5 Å². The van der Waals surface area contributed by atoms with E-state index in [0.29, 0.717) is 41.0 Å². The molecule has 43 heavy (non-hydrogen) atoms. The van der Waals surface area contributed by atoms with Crippen molar-refractivity contribution in [2.24, 2.45) is 5.92 Å². The lowest BCUT2D eigenvalue weighted by molar-refractivity contribution is 0.297. The fraction of sp³-hybridized carbons (Fsp3) is 0.487. The van der Waals surface area contributed by atoms with Gasteiger partial charge in [0, 0.05) is 11.1 Å². The normalized spacial score (nSPS) is 17.2. The van der Waals surface area contributed by atoms with Crippen molar-refractivity contribution in [1.82, 2.24) is 0 Å². The molecule has 0 amide bonds. The highest BCUT2D eigenvalue weighted by Crippen LogP contribution is 2.40. The van der Waals surface area contributed by atoms with Crippen LogP contribution in [0.15, 0.2) is 60.7 Å². The Kier molecular flexibility index (Phi) is 12.9. The van der Waals surface area contributed by atoms with Crippen LogP contribution in [-0.2, 0) is 6.42 Å². The number of allylic oxidation sites excluding steroid dienone is 2. The van der Waals surface area contributed by atoms with E-state index in [1.807, 2.05) is 19.1 Å². The van der Waals surface area contributed by atoms with Crippen LogP contribution in [0, 0.1) is 29.2 Å². The molecule has 4 rings (SSSR count). The third-order valence-corrected chi connectivity index (χ3v) is 9.27. The molecular formula is C39H48F4. The van der Waals surface area contributed by atoms with Gasteiger partial charge in [-0.1, -0.05) is 126 Å². The molecule has 0 saturated heterocycles. The molecule has 0 heterocycles. The van der Waals surface area contributed by atoms with Gasteiger partial charge in [-0.2, -0.15) is 0 Å². The van der Waals surface area contributed by atoms with E-state index in [2.05, 4.69) is 6.92 Å². The van der Waals surface area contributed by atoms with Crippen molar-refractivity contribution < 1.29 is 17.6 Å². The zero-order valence-electron chi connectivity index (χ0n) is 26.0. The minimum Gasteiger partial charge on any atom is -0.203 e. The van der Waals surface area contributed by atoms with Crippen molar-refractivity contribution in [3.05, 3.63) is 95.1 Å². The summed E-state index contributed by atoms with van der Waals surface area (Å²) in [5, 5.41) is 0. The average Bonchev–Trinajstić information content (AvgIpc) is 3.03. The van der Waals surface area contributed by atoms with Gasteiger partial charge in [0.1, 0.15) is 0 Å². The second-order valence-corrected chi connectivity index (χ2v) is 12.4. The molecule has 232 valence electrons. The van der Waals surface area contributed by atoms with Crippen molar-refractivity contribution in [2.45, 2.75) is 116 Å². The molecule has 0 unspecified atom stereocenters. The maximum absolute atomic E-state index is 15.3. The third-order valence-electron chi connectivity index (χ3n) is 9.27. The van der Waals surface area contributed by atoms with Gasteiger partial charge in [0.25, 0.3) is 0 Å². The van der Waals surface area contributed by atoms with E-state index in [9.17, 15) is 8.78 Å². The fourth-order valence-corrected chi connectivity index (χ4v) is 6.61. The first kappa shape index (κ1) is 33.0. The summed E-state index contributed by atoms with van der Waals surface area (Å²) in [6, 6.07) is 13.2. The highest BCUT2D eigenvalue weighted by Gasteiger charge is 2.26.